The van der Waals surface area contributed by atoms with Crippen LogP contribution in [-0.4, -0.2) is 19.7 Å². The Hall–Kier alpha value is -2.01. The lowest BCUT2D eigenvalue weighted by molar-refractivity contribution is 0.140. The number of hydrogen-bond donors (Lipinski definition) is 1. The number of nitrogens with one attached hydrogen (secondary N) is 1. The number of methoxy groups -OCH3 is 1. The second-order valence-corrected chi connectivity index (χ2v) is 5.55. The van der Waals surface area contributed by atoms with E-state index < -0.39 is 6.09 Å². The number of benzene rings is 2. The summed E-state index contributed by atoms with van der Waals surface area (Å²) in [6.07, 6.45) is 0.304. The number of ether oxygens (including phenoxy) is 2. The minimum atomic E-state index is -0.409. The van der Waals surface area contributed by atoms with Crippen LogP contribution in [0, 0.1) is 0 Å². The summed E-state index contributed by atoms with van der Waals surface area (Å²) in [7, 11) is 1.63. The summed E-state index contributed by atoms with van der Waals surface area (Å²) >= 11 is 3.49. The summed E-state index contributed by atoms with van der Waals surface area (Å²) in [5.41, 5.74) is 2.07. The van der Waals surface area contributed by atoms with E-state index in [4.69, 9.17) is 9.47 Å². The molecule has 0 bridgehead atoms. The van der Waals surface area contributed by atoms with E-state index in [1.165, 1.54) is 0 Å². The molecule has 0 aliphatic carbocycles. The first kappa shape index (κ1) is 16.4. The molecule has 2 aromatic rings. The molecule has 0 aliphatic heterocycles. The molecule has 0 atom stereocenters. The molecule has 2 aromatic carbocycles. The average Bonchev–Trinajstić information content (AvgIpc) is 2.55. The van der Waals surface area contributed by atoms with E-state index in [0.29, 0.717) is 13.0 Å². The SMILES string of the molecule is COc1ccc(CCNC(=O)OCc2ccccc2)c(Br)c1. The molecule has 0 saturated carbocycles. The number of halogens is 1. The second-order valence-electron chi connectivity index (χ2n) is 4.70. The maximum Gasteiger partial charge on any atom is 0.407 e. The predicted molar refractivity (Wildman–Crippen MR) is 89.0 cm³/mol. The van der Waals surface area contributed by atoms with Crippen molar-refractivity contribution < 1.29 is 14.3 Å². The summed E-state index contributed by atoms with van der Waals surface area (Å²) in [4.78, 5) is 11.6. The van der Waals surface area contributed by atoms with Crippen LogP contribution >= 0.6 is 15.9 Å². The monoisotopic (exact) mass is 363 g/mol. The molecule has 116 valence electrons. The Bertz CT molecular complexity index is 617. The first-order valence-electron chi connectivity index (χ1n) is 6.96. The Morgan fingerprint density at radius 2 is 1.95 bits per heavy atom. The highest BCUT2D eigenvalue weighted by molar-refractivity contribution is 9.10. The van der Waals surface area contributed by atoms with Crippen LogP contribution in [0.4, 0.5) is 4.79 Å². The molecule has 5 heteroatoms. The van der Waals surface area contributed by atoms with Crippen LogP contribution < -0.4 is 10.1 Å². The molecule has 0 radical (unpaired) electrons. The molecule has 0 unspecified atom stereocenters. The van der Waals surface area contributed by atoms with Gasteiger partial charge < -0.3 is 14.8 Å². The standard InChI is InChI=1S/C17H18BrNO3/c1-21-15-8-7-14(16(18)11-15)9-10-19-17(20)22-12-13-5-3-2-4-6-13/h2-8,11H,9-10,12H2,1H3,(H,19,20). The van der Waals surface area contributed by atoms with Crippen molar-refractivity contribution >= 4 is 22.0 Å². The van der Waals surface area contributed by atoms with E-state index in [1.54, 1.807) is 7.11 Å². The molecule has 0 heterocycles. The zero-order valence-electron chi connectivity index (χ0n) is 12.3. The number of amides is 1. The minimum absolute atomic E-state index is 0.277. The fraction of sp³-hybridized carbons (Fsp3) is 0.235. The van der Waals surface area contributed by atoms with Crippen molar-refractivity contribution in [1.82, 2.24) is 5.32 Å². The fourth-order valence-corrected chi connectivity index (χ4v) is 2.49. The van der Waals surface area contributed by atoms with E-state index in [1.807, 2.05) is 48.5 Å². The Kier molecular flexibility index (Phi) is 6.27. The Morgan fingerprint density at radius 3 is 2.64 bits per heavy atom. The van der Waals surface area contributed by atoms with Crippen LogP contribution in [0.2, 0.25) is 0 Å². The lowest BCUT2D eigenvalue weighted by Crippen LogP contribution is -2.26. The minimum Gasteiger partial charge on any atom is -0.497 e. The van der Waals surface area contributed by atoms with Crippen LogP contribution in [0.25, 0.3) is 0 Å². The first-order chi connectivity index (χ1) is 10.7. The molecule has 0 aromatic heterocycles. The molecule has 1 N–H and O–H groups in total. The zero-order chi connectivity index (χ0) is 15.8. The third-order valence-electron chi connectivity index (χ3n) is 3.14. The lowest BCUT2D eigenvalue weighted by atomic mass is 10.1. The third-order valence-corrected chi connectivity index (χ3v) is 3.87. The van der Waals surface area contributed by atoms with Crippen molar-refractivity contribution in [3.8, 4) is 5.75 Å². The second kappa shape index (κ2) is 8.44. The van der Waals surface area contributed by atoms with Gasteiger partial charge in [0.05, 0.1) is 7.11 Å². The molecular formula is C17H18BrNO3. The Morgan fingerprint density at radius 1 is 1.18 bits per heavy atom. The molecule has 4 nitrogen and oxygen atoms in total. The largest absolute Gasteiger partial charge is 0.497 e. The first-order valence-corrected chi connectivity index (χ1v) is 7.75. The van der Waals surface area contributed by atoms with Gasteiger partial charge in [0.25, 0.3) is 0 Å². The van der Waals surface area contributed by atoms with E-state index in [-0.39, 0.29) is 6.61 Å². The maximum absolute atomic E-state index is 11.6. The smallest absolute Gasteiger partial charge is 0.407 e. The number of carbonyl (C=O) groups is 1. The van der Waals surface area contributed by atoms with Crippen LogP contribution in [0.15, 0.2) is 53.0 Å². The van der Waals surface area contributed by atoms with Gasteiger partial charge in [-0.1, -0.05) is 52.3 Å². The highest BCUT2D eigenvalue weighted by atomic mass is 79.9. The summed E-state index contributed by atoms with van der Waals surface area (Å²) in [5, 5.41) is 2.74. The van der Waals surface area contributed by atoms with Gasteiger partial charge in [-0.25, -0.2) is 4.79 Å². The number of rotatable bonds is 6. The van der Waals surface area contributed by atoms with Crippen molar-refractivity contribution in [2.75, 3.05) is 13.7 Å². The quantitative estimate of drug-likeness (QED) is 0.845. The summed E-state index contributed by atoms with van der Waals surface area (Å²) < 4.78 is 11.3. The zero-order valence-corrected chi connectivity index (χ0v) is 13.9. The van der Waals surface area contributed by atoms with Gasteiger partial charge in [0.15, 0.2) is 0 Å². The van der Waals surface area contributed by atoms with Crippen molar-refractivity contribution in [2.45, 2.75) is 13.0 Å². The van der Waals surface area contributed by atoms with Gasteiger partial charge >= 0.3 is 6.09 Å². The topological polar surface area (TPSA) is 47.6 Å². The number of carbonyl (C=O) groups excluding carboxylic acids is 1. The maximum atomic E-state index is 11.6. The molecule has 0 aliphatic rings. The molecule has 0 saturated heterocycles. The van der Waals surface area contributed by atoms with Gasteiger partial charge in [-0.15, -0.1) is 0 Å². The fourth-order valence-electron chi connectivity index (χ4n) is 1.93. The summed E-state index contributed by atoms with van der Waals surface area (Å²) in [6, 6.07) is 15.4. The lowest BCUT2D eigenvalue weighted by Gasteiger charge is -2.09. The Balaban J connectivity index is 1.73. The third kappa shape index (κ3) is 5.07. The predicted octanol–water partition coefficient (Wildman–Crippen LogP) is 3.93. The molecule has 1 amide bonds. The molecule has 2 rings (SSSR count). The number of alkyl carbamates (subject to hydrolysis) is 1. The number of hydrogen-bond acceptors (Lipinski definition) is 3. The van der Waals surface area contributed by atoms with Gasteiger partial charge in [0.2, 0.25) is 0 Å². The van der Waals surface area contributed by atoms with E-state index in [9.17, 15) is 4.79 Å². The van der Waals surface area contributed by atoms with Crippen LogP contribution in [0.3, 0.4) is 0 Å². The van der Waals surface area contributed by atoms with Crippen LogP contribution in [0.5, 0.6) is 5.75 Å². The highest BCUT2D eigenvalue weighted by Crippen LogP contribution is 2.23. The van der Waals surface area contributed by atoms with Crippen molar-refractivity contribution in [3.63, 3.8) is 0 Å². The average molecular weight is 364 g/mol. The molecule has 0 fully saturated rings. The van der Waals surface area contributed by atoms with Crippen molar-refractivity contribution in [1.29, 1.82) is 0 Å². The van der Waals surface area contributed by atoms with Gasteiger partial charge in [-0.3, -0.25) is 0 Å². The Labute approximate surface area is 138 Å². The van der Waals surface area contributed by atoms with Gasteiger partial charge in [0.1, 0.15) is 12.4 Å². The van der Waals surface area contributed by atoms with Gasteiger partial charge in [0, 0.05) is 11.0 Å². The van der Waals surface area contributed by atoms with Crippen LogP contribution in [-0.2, 0) is 17.8 Å². The highest BCUT2D eigenvalue weighted by Gasteiger charge is 2.05. The van der Waals surface area contributed by atoms with Crippen molar-refractivity contribution in [3.05, 3.63) is 64.1 Å². The van der Waals surface area contributed by atoms with E-state index in [2.05, 4.69) is 21.2 Å². The van der Waals surface area contributed by atoms with E-state index in [0.717, 1.165) is 21.3 Å². The van der Waals surface area contributed by atoms with Crippen LogP contribution in [0.1, 0.15) is 11.1 Å². The van der Waals surface area contributed by atoms with Gasteiger partial charge in [-0.05, 0) is 29.7 Å². The molecule has 0 spiro atoms. The van der Waals surface area contributed by atoms with E-state index >= 15 is 0 Å². The molecular weight excluding hydrogens is 346 g/mol. The summed E-state index contributed by atoms with van der Waals surface area (Å²) in [5.74, 6) is 0.797. The summed E-state index contributed by atoms with van der Waals surface area (Å²) in [6.45, 7) is 0.789. The molecule has 22 heavy (non-hydrogen) atoms. The van der Waals surface area contributed by atoms with Crippen molar-refractivity contribution in [2.24, 2.45) is 0 Å². The normalized spacial score (nSPS) is 10.1. The van der Waals surface area contributed by atoms with Gasteiger partial charge in [-0.2, -0.15) is 0 Å².